The largest absolute Gasteiger partial charge is 0.317 e. The minimum atomic E-state index is -3.52. The molecule has 1 aliphatic heterocycles. The molecule has 0 radical (unpaired) electrons. The molecule has 3 rings (SSSR count). The average molecular weight is 342 g/mol. The van der Waals surface area contributed by atoms with Crippen LogP contribution in [0.5, 0.6) is 0 Å². The monoisotopic (exact) mass is 341 g/mol. The van der Waals surface area contributed by atoms with Gasteiger partial charge in [0.1, 0.15) is 0 Å². The molecule has 1 saturated heterocycles. The van der Waals surface area contributed by atoms with Crippen LogP contribution in [0, 0.1) is 6.92 Å². The van der Waals surface area contributed by atoms with E-state index in [-0.39, 0.29) is 18.4 Å². The molecule has 5 nitrogen and oxygen atoms in total. The van der Waals surface area contributed by atoms with Gasteiger partial charge in [0.2, 0.25) is 10.0 Å². The number of nitrogens with zero attached hydrogens (tertiary/aromatic N) is 1. The van der Waals surface area contributed by atoms with Crippen LogP contribution < -0.4 is 10.0 Å². The lowest BCUT2D eigenvalue weighted by molar-refractivity contribution is 0.427. The van der Waals surface area contributed by atoms with Crippen LogP contribution in [-0.4, -0.2) is 32.5 Å². The Morgan fingerprint density at radius 1 is 1.23 bits per heavy atom. The van der Waals surface area contributed by atoms with Crippen LogP contribution in [0.3, 0.4) is 0 Å². The van der Waals surface area contributed by atoms with Crippen LogP contribution in [0.25, 0.3) is 10.9 Å². The molecule has 0 unspecified atom stereocenters. The zero-order valence-corrected chi connectivity index (χ0v) is 14.0. The number of halogens is 1. The molecule has 0 bridgehead atoms. The second kappa shape index (κ2) is 6.91. The lowest BCUT2D eigenvalue weighted by Crippen LogP contribution is -2.42. The van der Waals surface area contributed by atoms with Gasteiger partial charge in [-0.05, 0) is 56.6 Å². The summed E-state index contributed by atoms with van der Waals surface area (Å²) < 4.78 is 28.2. The Bertz CT molecular complexity index is 758. The van der Waals surface area contributed by atoms with E-state index >= 15 is 0 Å². The van der Waals surface area contributed by atoms with Crippen LogP contribution >= 0.6 is 12.4 Å². The molecule has 1 aliphatic rings. The summed E-state index contributed by atoms with van der Waals surface area (Å²) in [5.74, 6) is 0. The summed E-state index contributed by atoms with van der Waals surface area (Å²) in [6.45, 7) is 3.64. The van der Waals surface area contributed by atoms with Gasteiger partial charge in [-0.2, -0.15) is 0 Å². The van der Waals surface area contributed by atoms with Gasteiger partial charge in [0.05, 0.1) is 10.4 Å². The van der Waals surface area contributed by atoms with Crippen molar-refractivity contribution in [2.75, 3.05) is 13.1 Å². The smallest absolute Gasteiger partial charge is 0.241 e. The normalized spacial score (nSPS) is 16.4. The molecule has 2 N–H and O–H groups in total. The van der Waals surface area contributed by atoms with Crippen molar-refractivity contribution in [3.8, 4) is 0 Å². The number of aryl methyl sites for hydroxylation is 1. The molecule has 1 aromatic carbocycles. The highest BCUT2D eigenvalue weighted by Gasteiger charge is 2.23. The number of piperidine rings is 1. The van der Waals surface area contributed by atoms with Crippen molar-refractivity contribution in [3.63, 3.8) is 0 Å². The van der Waals surface area contributed by atoms with Gasteiger partial charge in [-0.15, -0.1) is 12.4 Å². The average Bonchev–Trinajstić information content (AvgIpc) is 2.48. The topological polar surface area (TPSA) is 71.1 Å². The van der Waals surface area contributed by atoms with E-state index < -0.39 is 10.0 Å². The molecule has 2 heterocycles. The molecule has 1 aromatic heterocycles. The third-order valence-corrected chi connectivity index (χ3v) is 5.46. The number of hydrogen-bond donors (Lipinski definition) is 2. The zero-order valence-electron chi connectivity index (χ0n) is 12.4. The summed E-state index contributed by atoms with van der Waals surface area (Å²) in [5, 5.41) is 3.91. The van der Waals surface area contributed by atoms with E-state index in [0.717, 1.165) is 37.0 Å². The van der Waals surface area contributed by atoms with Crippen molar-refractivity contribution in [3.05, 3.63) is 36.0 Å². The van der Waals surface area contributed by atoms with Crippen molar-refractivity contribution in [2.24, 2.45) is 0 Å². The number of sulfonamides is 1. The van der Waals surface area contributed by atoms with Gasteiger partial charge in [0.25, 0.3) is 0 Å². The molecule has 0 saturated carbocycles. The van der Waals surface area contributed by atoms with Crippen molar-refractivity contribution < 1.29 is 8.42 Å². The number of benzene rings is 1. The SMILES string of the molecule is Cc1ccc(S(=O)(=O)NC2CCNCC2)c2cccnc12.Cl. The summed E-state index contributed by atoms with van der Waals surface area (Å²) in [7, 11) is -3.52. The third kappa shape index (κ3) is 3.41. The molecule has 22 heavy (non-hydrogen) atoms. The molecule has 0 spiro atoms. The number of hydrogen-bond acceptors (Lipinski definition) is 4. The highest BCUT2D eigenvalue weighted by Crippen LogP contribution is 2.24. The lowest BCUT2D eigenvalue weighted by Gasteiger charge is -2.23. The first-order chi connectivity index (χ1) is 10.1. The van der Waals surface area contributed by atoms with Gasteiger partial charge in [-0.1, -0.05) is 6.07 Å². The Hall–Kier alpha value is -1.21. The number of fused-ring (bicyclic) bond motifs is 1. The summed E-state index contributed by atoms with van der Waals surface area (Å²) in [5.41, 5.74) is 1.72. The predicted octanol–water partition coefficient (Wildman–Crippen LogP) is 2.00. The van der Waals surface area contributed by atoms with E-state index in [1.165, 1.54) is 0 Å². The van der Waals surface area contributed by atoms with Gasteiger partial charge < -0.3 is 5.32 Å². The Labute approximate surface area is 137 Å². The first-order valence-electron chi connectivity index (χ1n) is 7.15. The fourth-order valence-electron chi connectivity index (χ4n) is 2.74. The minimum Gasteiger partial charge on any atom is -0.317 e. The molecule has 0 amide bonds. The Balaban J connectivity index is 0.00000176. The summed E-state index contributed by atoms with van der Waals surface area (Å²) in [4.78, 5) is 4.61. The van der Waals surface area contributed by atoms with Crippen LogP contribution in [-0.2, 0) is 10.0 Å². The number of pyridine rings is 1. The molecule has 120 valence electrons. The molecule has 2 aromatic rings. The van der Waals surface area contributed by atoms with E-state index in [4.69, 9.17) is 0 Å². The van der Waals surface area contributed by atoms with Crippen molar-refractivity contribution in [2.45, 2.75) is 30.7 Å². The summed E-state index contributed by atoms with van der Waals surface area (Å²) >= 11 is 0. The van der Waals surface area contributed by atoms with Crippen LogP contribution in [0.4, 0.5) is 0 Å². The number of aromatic nitrogens is 1. The Morgan fingerprint density at radius 3 is 2.68 bits per heavy atom. The first kappa shape index (κ1) is 17.1. The van der Waals surface area contributed by atoms with Crippen LogP contribution in [0.15, 0.2) is 35.4 Å². The van der Waals surface area contributed by atoms with Crippen molar-refractivity contribution >= 4 is 33.3 Å². The standard InChI is InChI=1S/C15H19N3O2S.ClH/c1-11-4-5-14(13-3-2-8-17-15(11)13)21(19,20)18-12-6-9-16-10-7-12;/h2-5,8,12,16,18H,6-7,9-10H2,1H3;1H. The second-order valence-electron chi connectivity index (χ2n) is 5.43. The fourth-order valence-corrected chi connectivity index (χ4v) is 4.25. The molecule has 7 heteroatoms. The van der Waals surface area contributed by atoms with Gasteiger partial charge in [0.15, 0.2) is 0 Å². The molecule has 0 aliphatic carbocycles. The quantitative estimate of drug-likeness (QED) is 0.895. The molecular formula is C15H20ClN3O2S. The third-order valence-electron chi connectivity index (χ3n) is 3.88. The van der Waals surface area contributed by atoms with Crippen LogP contribution in [0.2, 0.25) is 0 Å². The van der Waals surface area contributed by atoms with Gasteiger partial charge in [-0.3, -0.25) is 4.98 Å². The van der Waals surface area contributed by atoms with Gasteiger partial charge in [-0.25, -0.2) is 13.1 Å². The van der Waals surface area contributed by atoms with E-state index in [0.29, 0.717) is 10.3 Å². The minimum absolute atomic E-state index is 0. The lowest BCUT2D eigenvalue weighted by atomic mass is 10.1. The fraction of sp³-hybridized carbons (Fsp3) is 0.400. The predicted molar refractivity (Wildman–Crippen MR) is 89.9 cm³/mol. The van der Waals surface area contributed by atoms with E-state index in [1.54, 1.807) is 18.3 Å². The molecule has 1 fully saturated rings. The van der Waals surface area contributed by atoms with E-state index in [9.17, 15) is 8.42 Å². The van der Waals surface area contributed by atoms with Gasteiger partial charge >= 0.3 is 0 Å². The highest BCUT2D eigenvalue weighted by atomic mass is 35.5. The van der Waals surface area contributed by atoms with E-state index in [2.05, 4.69) is 15.0 Å². The Kier molecular flexibility index (Phi) is 5.39. The first-order valence-corrected chi connectivity index (χ1v) is 8.63. The maximum atomic E-state index is 12.7. The maximum Gasteiger partial charge on any atom is 0.241 e. The Morgan fingerprint density at radius 2 is 1.95 bits per heavy atom. The zero-order chi connectivity index (χ0) is 14.9. The highest BCUT2D eigenvalue weighted by molar-refractivity contribution is 7.89. The van der Waals surface area contributed by atoms with E-state index in [1.807, 2.05) is 19.1 Å². The van der Waals surface area contributed by atoms with Gasteiger partial charge in [0, 0.05) is 17.6 Å². The van der Waals surface area contributed by atoms with Crippen molar-refractivity contribution in [1.82, 2.24) is 15.0 Å². The maximum absolute atomic E-state index is 12.7. The van der Waals surface area contributed by atoms with Crippen molar-refractivity contribution in [1.29, 1.82) is 0 Å². The molecule has 0 atom stereocenters. The summed E-state index contributed by atoms with van der Waals surface area (Å²) in [6.07, 6.45) is 3.33. The number of rotatable bonds is 3. The summed E-state index contributed by atoms with van der Waals surface area (Å²) in [6, 6.07) is 7.07. The second-order valence-corrected chi connectivity index (χ2v) is 7.11. The van der Waals surface area contributed by atoms with Crippen LogP contribution in [0.1, 0.15) is 18.4 Å². The number of nitrogens with one attached hydrogen (secondary N) is 2. The molecular weight excluding hydrogens is 322 g/mol.